The maximum absolute atomic E-state index is 14.1. The van der Waals surface area contributed by atoms with Crippen molar-refractivity contribution in [2.45, 2.75) is 6.92 Å². The van der Waals surface area contributed by atoms with Crippen LogP contribution in [0, 0.1) is 5.82 Å². The van der Waals surface area contributed by atoms with Crippen LogP contribution in [0.3, 0.4) is 0 Å². The SMILES string of the molecule is CCOC(=O)c1cccc(NC(=O)c2ccc(F)c(Oc3ccccc3)c2)c1. The molecule has 0 saturated carbocycles. The highest BCUT2D eigenvalue weighted by atomic mass is 19.1. The minimum atomic E-state index is -0.579. The van der Waals surface area contributed by atoms with Gasteiger partial charge in [-0.2, -0.15) is 0 Å². The van der Waals surface area contributed by atoms with Crippen molar-refractivity contribution in [2.24, 2.45) is 0 Å². The van der Waals surface area contributed by atoms with E-state index >= 15 is 0 Å². The number of hydrogen-bond acceptors (Lipinski definition) is 4. The molecule has 0 bridgehead atoms. The molecule has 3 rings (SSSR count). The third-order valence-electron chi connectivity index (χ3n) is 3.80. The van der Waals surface area contributed by atoms with Gasteiger partial charge in [-0.05, 0) is 55.5 Å². The van der Waals surface area contributed by atoms with Crippen molar-refractivity contribution >= 4 is 17.6 Å². The Balaban J connectivity index is 1.77. The summed E-state index contributed by atoms with van der Waals surface area (Å²) in [6.45, 7) is 1.97. The Morgan fingerprint density at radius 1 is 0.929 bits per heavy atom. The van der Waals surface area contributed by atoms with Gasteiger partial charge in [0, 0.05) is 11.3 Å². The van der Waals surface area contributed by atoms with E-state index in [1.165, 1.54) is 24.3 Å². The molecule has 1 N–H and O–H groups in total. The maximum atomic E-state index is 14.1. The summed E-state index contributed by atoms with van der Waals surface area (Å²) in [6.07, 6.45) is 0. The molecule has 5 nitrogen and oxygen atoms in total. The zero-order chi connectivity index (χ0) is 19.9. The first-order valence-electron chi connectivity index (χ1n) is 8.68. The molecule has 0 unspecified atom stereocenters. The predicted molar refractivity (Wildman–Crippen MR) is 103 cm³/mol. The molecule has 0 saturated heterocycles. The molecule has 0 aliphatic heterocycles. The fraction of sp³-hybridized carbons (Fsp3) is 0.0909. The van der Waals surface area contributed by atoms with E-state index in [4.69, 9.17) is 9.47 Å². The molecule has 1 amide bonds. The molecule has 0 aliphatic carbocycles. The lowest BCUT2D eigenvalue weighted by Gasteiger charge is -2.10. The summed E-state index contributed by atoms with van der Waals surface area (Å²) >= 11 is 0. The van der Waals surface area contributed by atoms with Gasteiger partial charge in [-0.3, -0.25) is 4.79 Å². The van der Waals surface area contributed by atoms with Crippen LogP contribution in [0.2, 0.25) is 0 Å². The van der Waals surface area contributed by atoms with Gasteiger partial charge in [-0.15, -0.1) is 0 Å². The van der Waals surface area contributed by atoms with E-state index in [0.717, 1.165) is 0 Å². The Morgan fingerprint density at radius 3 is 2.46 bits per heavy atom. The van der Waals surface area contributed by atoms with Crippen molar-refractivity contribution < 1.29 is 23.5 Å². The van der Waals surface area contributed by atoms with E-state index in [9.17, 15) is 14.0 Å². The monoisotopic (exact) mass is 379 g/mol. The number of carbonyl (C=O) groups is 2. The number of nitrogens with one attached hydrogen (secondary N) is 1. The van der Waals surface area contributed by atoms with Crippen LogP contribution in [0.5, 0.6) is 11.5 Å². The summed E-state index contributed by atoms with van der Waals surface area (Å²) in [7, 11) is 0. The Kier molecular flexibility index (Phi) is 6.01. The van der Waals surface area contributed by atoms with Crippen molar-refractivity contribution in [1.82, 2.24) is 0 Å². The number of hydrogen-bond donors (Lipinski definition) is 1. The Hall–Kier alpha value is -3.67. The van der Waals surface area contributed by atoms with Gasteiger partial charge in [0.25, 0.3) is 5.91 Å². The fourth-order valence-corrected chi connectivity index (χ4v) is 2.48. The second kappa shape index (κ2) is 8.81. The minimum absolute atomic E-state index is 0.0564. The van der Waals surface area contributed by atoms with E-state index in [0.29, 0.717) is 17.0 Å². The molecule has 0 radical (unpaired) electrons. The fourth-order valence-electron chi connectivity index (χ4n) is 2.48. The first-order chi connectivity index (χ1) is 13.6. The van der Waals surface area contributed by atoms with E-state index in [1.807, 2.05) is 6.07 Å². The zero-order valence-electron chi connectivity index (χ0n) is 15.1. The van der Waals surface area contributed by atoms with Crippen LogP contribution >= 0.6 is 0 Å². The first kappa shape index (κ1) is 19.1. The lowest BCUT2D eigenvalue weighted by atomic mass is 10.1. The Bertz CT molecular complexity index is 989. The van der Waals surface area contributed by atoms with Gasteiger partial charge >= 0.3 is 5.97 Å². The second-order valence-electron chi connectivity index (χ2n) is 5.82. The molecule has 0 aliphatic rings. The van der Waals surface area contributed by atoms with Crippen LogP contribution < -0.4 is 10.1 Å². The van der Waals surface area contributed by atoms with E-state index in [2.05, 4.69) is 5.32 Å². The average Bonchev–Trinajstić information content (AvgIpc) is 2.71. The largest absolute Gasteiger partial charge is 0.462 e. The summed E-state index contributed by atoms with van der Waals surface area (Å²) < 4.78 is 24.5. The summed E-state index contributed by atoms with van der Waals surface area (Å²) in [4.78, 5) is 24.3. The summed E-state index contributed by atoms with van der Waals surface area (Å²) in [5, 5.41) is 2.68. The summed E-state index contributed by atoms with van der Waals surface area (Å²) in [5.41, 5.74) is 0.964. The lowest BCUT2D eigenvalue weighted by Crippen LogP contribution is -2.13. The second-order valence-corrected chi connectivity index (χ2v) is 5.82. The number of halogens is 1. The molecule has 3 aromatic carbocycles. The van der Waals surface area contributed by atoms with Crippen LogP contribution in [0.4, 0.5) is 10.1 Å². The molecule has 0 aromatic heterocycles. The van der Waals surface area contributed by atoms with E-state index in [-0.39, 0.29) is 17.9 Å². The standard InChI is InChI=1S/C22H18FNO4/c1-2-27-22(26)16-7-6-8-17(13-16)24-21(25)15-11-12-19(23)20(14-15)28-18-9-4-3-5-10-18/h3-14H,2H2,1H3,(H,24,25). The Morgan fingerprint density at radius 2 is 1.71 bits per heavy atom. The van der Waals surface area contributed by atoms with Crippen molar-refractivity contribution in [3.8, 4) is 11.5 Å². The highest BCUT2D eigenvalue weighted by molar-refractivity contribution is 6.05. The predicted octanol–water partition coefficient (Wildman–Crippen LogP) is 5.05. The average molecular weight is 379 g/mol. The lowest BCUT2D eigenvalue weighted by molar-refractivity contribution is 0.0526. The molecule has 3 aromatic rings. The van der Waals surface area contributed by atoms with Crippen LogP contribution in [0.1, 0.15) is 27.6 Å². The topological polar surface area (TPSA) is 64.6 Å². The first-order valence-corrected chi connectivity index (χ1v) is 8.68. The van der Waals surface area contributed by atoms with Gasteiger partial charge in [0.15, 0.2) is 11.6 Å². The normalized spacial score (nSPS) is 10.2. The van der Waals surface area contributed by atoms with Gasteiger partial charge in [0.1, 0.15) is 5.75 Å². The van der Waals surface area contributed by atoms with Crippen molar-refractivity contribution in [3.05, 3.63) is 89.7 Å². The van der Waals surface area contributed by atoms with Crippen LogP contribution in [-0.4, -0.2) is 18.5 Å². The highest BCUT2D eigenvalue weighted by Crippen LogP contribution is 2.26. The van der Waals surface area contributed by atoms with Crippen LogP contribution in [-0.2, 0) is 4.74 Å². The molecule has 142 valence electrons. The van der Waals surface area contributed by atoms with Gasteiger partial charge < -0.3 is 14.8 Å². The highest BCUT2D eigenvalue weighted by Gasteiger charge is 2.13. The number of anilines is 1. The number of rotatable bonds is 6. The third kappa shape index (κ3) is 4.73. The zero-order valence-corrected chi connectivity index (χ0v) is 15.1. The summed E-state index contributed by atoms with van der Waals surface area (Å²) in [5.74, 6) is -1.11. The minimum Gasteiger partial charge on any atom is -0.462 e. The third-order valence-corrected chi connectivity index (χ3v) is 3.80. The van der Waals surface area contributed by atoms with Gasteiger partial charge in [-0.25, -0.2) is 9.18 Å². The number of para-hydroxylation sites is 1. The van der Waals surface area contributed by atoms with E-state index < -0.39 is 17.7 Å². The van der Waals surface area contributed by atoms with Gasteiger partial charge in [-0.1, -0.05) is 24.3 Å². The molecule has 0 spiro atoms. The molecular formula is C22H18FNO4. The Labute approximate surface area is 161 Å². The number of carbonyl (C=O) groups excluding carboxylic acids is 2. The van der Waals surface area contributed by atoms with Crippen molar-refractivity contribution in [1.29, 1.82) is 0 Å². The molecule has 0 atom stereocenters. The number of ether oxygens (including phenoxy) is 2. The molecule has 6 heteroatoms. The van der Waals surface area contributed by atoms with Gasteiger partial charge in [0.2, 0.25) is 0 Å². The number of benzene rings is 3. The smallest absolute Gasteiger partial charge is 0.338 e. The quantitative estimate of drug-likeness (QED) is 0.609. The molecular weight excluding hydrogens is 361 g/mol. The summed E-state index contributed by atoms with van der Waals surface area (Å²) in [6, 6.07) is 19.0. The van der Waals surface area contributed by atoms with Gasteiger partial charge in [0.05, 0.1) is 12.2 Å². The van der Waals surface area contributed by atoms with Crippen molar-refractivity contribution in [3.63, 3.8) is 0 Å². The maximum Gasteiger partial charge on any atom is 0.338 e. The van der Waals surface area contributed by atoms with Crippen molar-refractivity contribution in [2.75, 3.05) is 11.9 Å². The van der Waals surface area contributed by atoms with Crippen LogP contribution in [0.25, 0.3) is 0 Å². The number of esters is 1. The molecule has 28 heavy (non-hydrogen) atoms. The number of amides is 1. The van der Waals surface area contributed by atoms with E-state index in [1.54, 1.807) is 49.4 Å². The van der Waals surface area contributed by atoms with Crippen LogP contribution in [0.15, 0.2) is 72.8 Å². The molecule has 0 heterocycles. The molecule has 0 fully saturated rings.